The van der Waals surface area contributed by atoms with Crippen LogP contribution < -0.4 is 0 Å². The highest BCUT2D eigenvalue weighted by Crippen LogP contribution is 2.50. The largest absolute Gasteiger partial charge is 0.312 e. The van der Waals surface area contributed by atoms with Gasteiger partial charge in [-0.15, -0.1) is 0 Å². The number of allylic oxidation sites excluding steroid dienone is 1. The van der Waals surface area contributed by atoms with E-state index in [1.165, 1.54) is 77.2 Å². The molecule has 0 N–H and O–H groups in total. The van der Waals surface area contributed by atoms with Crippen molar-refractivity contribution < 1.29 is 0 Å². The highest BCUT2D eigenvalue weighted by Gasteiger charge is 2.35. The minimum atomic E-state index is 0.403. The molecule has 0 radical (unpaired) electrons. The molecule has 1 unspecified atom stereocenters. The van der Waals surface area contributed by atoms with Gasteiger partial charge in [-0.25, -0.2) is 0 Å². The smallest absolute Gasteiger partial charge is 0.0544 e. The van der Waals surface area contributed by atoms with Crippen molar-refractivity contribution in [3.63, 3.8) is 0 Å². The molecule has 0 saturated carbocycles. The Morgan fingerprint density at radius 1 is 0.538 bits per heavy atom. The number of hydrogen-bond acceptors (Lipinski definition) is 0. The third-order valence-corrected chi connectivity index (χ3v) is 8.81. The summed E-state index contributed by atoms with van der Waals surface area (Å²) in [5, 5.41) is 6.56. The van der Waals surface area contributed by atoms with Crippen molar-refractivity contribution in [2.24, 2.45) is 0 Å². The molecular formula is C38H25N. The van der Waals surface area contributed by atoms with Crippen LogP contribution in [0.25, 0.3) is 66.5 Å². The molecule has 1 aliphatic heterocycles. The van der Waals surface area contributed by atoms with Crippen LogP contribution in [0.5, 0.6) is 0 Å². The standard InChI is InChI=1S/C38H25N/c1-3-8-24(9-4-1)26-14-16-28-22-36-34(20-30(28)18-26)32-12-7-13-33-35-21-31-19-27(25-10-5-2-6-11-25)15-17-29(31)23-37(35)39(36)38(32)33/h1-12,14-23,33H,13H2. The molecule has 0 bridgehead atoms. The first-order valence-corrected chi connectivity index (χ1v) is 13.8. The number of hydrogen-bond donors (Lipinski definition) is 0. The van der Waals surface area contributed by atoms with Crippen molar-refractivity contribution in [3.05, 3.63) is 144 Å². The van der Waals surface area contributed by atoms with Gasteiger partial charge in [0.15, 0.2) is 0 Å². The lowest BCUT2D eigenvalue weighted by atomic mass is 9.86. The van der Waals surface area contributed by atoms with Crippen LogP contribution in [-0.4, -0.2) is 4.57 Å². The van der Waals surface area contributed by atoms with Gasteiger partial charge in [-0.1, -0.05) is 97.1 Å². The van der Waals surface area contributed by atoms with E-state index in [0.29, 0.717) is 5.92 Å². The monoisotopic (exact) mass is 495 g/mol. The quantitative estimate of drug-likeness (QED) is 0.225. The summed E-state index contributed by atoms with van der Waals surface area (Å²) in [7, 11) is 0. The lowest BCUT2D eigenvalue weighted by molar-refractivity contribution is 0.820. The third kappa shape index (κ3) is 3.02. The molecule has 0 spiro atoms. The van der Waals surface area contributed by atoms with Crippen LogP contribution in [0.15, 0.2) is 127 Å². The van der Waals surface area contributed by atoms with Crippen LogP contribution in [0, 0.1) is 0 Å². The number of aromatic nitrogens is 1. The number of fused-ring (bicyclic) bond motifs is 8. The summed E-state index contributed by atoms with van der Waals surface area (Å²) in [5.41, 5.74) is 12.0. The number of rotatable bonds is 2. The zero-order chi connectivity index (χ0) is 25.5. The SMILES string of the molecule is C1=Cc2c3n(c4cc5ccc(-c6ccccc6)cc5cc24)-c2cc4ccc(-c5ccccc5)cc4cc2C3C1. The lowest BCUT2D eigenvalue weighted by Gasteiger charge is -2.15. The summed E-state index contributed by atoms with van der Waals surface area (Å²) >= 11 is 0. The average Bonchev–Trinajstić information content (AvgIpc) is 3.50. The van der Waals surface area contributed by atoms with Crippen molar-refractivity contribution in [1.82, 2.24) is 4.57 Å². The molecule has 6 aromatic carbocycles. The lowest BCUT2D eigenvalue weighted by Crippen LogP contribution is -2.00. The predicted octanol–water partition coefficient (Wildman–Crippen LogP) is 10.1. The van der Waals surface area contributed by atoms with E-state index in [1.54, 1.807) is 0 Å². The van der Waals surface area contributed by atoms with Gasteiger partial charge in [-0.05, 0) is 92.2 Å². The first-order valence-electron chi connectivity index (χ1n) is 13.8. The zero-order valence-corrected chi connectivity index (χ0v) is 21.4. The Balaban J connectivity index is 1.26. The molecule has 0 amide bonds. The summed E-state index contributed by atoms with van der Waals surface area (Å²) in [6.45, 7) is 0. The van der Waals surface area contributed by atoms with E-state index in [1.807, 2.05) is 0 Å². The summed E-state index contributed by atoms with van der Waals surface area (Å²) < 4.78 is 2.56. The fraction of sp³-hybridized carbons (Fsp3) is 0.0526. The first-order chi connectivity index (χ1) is 19.3. The zero-order valence-electron chi connectivity index (χ0n) is 21.4. The topological polar surface area (TPSA) is 4.93 Å². The molecule has 1 nitrogen and oxygen atoms in total. The van der Waals surface area contributed by atoms with Crippen molar-refractivity contribution in [2.75, 3.05) is 0 Å². The van der Waals surface area contributed by atoms with Gasteiger partial charge in [-0.3, -0.25) is 0 Å². The van der Waals surface area contributed by atoms with Gasteiger partial charge in [0, 0.05) is 22.6 Å². The second-order valence-corrected chi connectivity index (χ2v) is 11.0. The highest BCUT2D eigenvalue weighted by molar-refractivity contribution is 6.05. The second kappa shape index (κ2) is 7.82. The highest BCUT2D eigenvalue weighted by atomic mass is 15.0. The summed E-state index contributed by atoms with van der Waals surface area (Å²) in [4.78, 5) is 0. The van der Waals surface area contributed by atoms with Gasteiger partial charge < -0.3 is 4.57 Å². The van der Waals surface area contributed by atoms with E-state index in [2.05, 4.69) is 138 Å². The van der Waals surface area contributed by atoms with E-state index >= 15 is 0 Å². The molecule has 1 aromatic heterocycles. The van der Waals surface area contributed by atoms with Crippen molar-refractivity contribution in [2.45, 2.75) is 12.3 Å². The molecule has 1 heteroatoms. The minimum Gasteiger partial charge on any atom is -0.312 e. The predicted molar refractivity (Wildman–Crippen MR) is 165 cm³/mol. The Morgan fingerprint density at radius 3 is 1.87 bits per heavy atom. The van der Waals surface area contributed by atoms with Crippen LogP contribution in [-0.2, 0) is 0 Å². The normalized spacial score (nSPS) is 15.2. The van der Waals surface area contributed by atoms with Crippen LogP contribution in [0.1, 0.15) is 29.2 Å². The van der Waals surface area contributed by atoms with E-state index < -0.39 is 0 Å². The van der Waals surface area contributed by atoms with Crippen molar-refractivity contribution in [1.29, 1.82) is 0 Å². The van der Waals surface area contributed by atoms with Crippen LogP contribution in [0.3, 0.4) is 0 Å². The van der Waals surface area contributed by atoms with Gasteiger partial charge in [0.1, 0.15) is 0 Å². The van der Waals surface area contributed by atoms with Gasteiger partial charge in [-0.2, -0.15) is 0 Å². The van der Waals surface area contributed by atoms with Gasteiger partial charge in [0.2, 0.25) is 0 Å². The maximum Gasteiger partial charge on any atom is 0.0544 e. The van der Waals surface area contributed by atoms with Crippen molar-refractivity contribution >= 4 is 38.5 Å². The van der Waals surface area contributed by atoms with E-state index in [9.17, 15) is 0 Å². The molecule has 1 atom stereocenters. The number of nitrogens with zero attached hydrogens (tertiary/aromatic N) is 1. The Morgan fingerprint density at radius 2 is 1.18 bits per heavy atom. The van der Waals surface area contributed by atoms with Crippen LogP contribution >= 0.6 is 0 Å². The molecule has 9 rings (SSSR count). The molecule has 39 heavy (non-hydrogen) atoms. The Kier molecular flexibility index (Phi) is 4.23. The maximum absolute atomic E-state index is 2.56. The summed E-state index contributed by atoms with van der Waals surface area (Å²) in [5.74, 6) is 0.403. The molecule has 7 aromatic rings. The van der Waals surface area contributed by atoms with Gasteiger partial charge in [0.05, 0.1) is 11.2 Å². The third-order valence-electron chi connectivity index (χ3n) is 8.81. The van der Waals surface area contributed by atoms with Gasteiger partial charge in [0.25, 0.3) is 0 Å². The van der Waals surface area contributed by atoms with Crippen molar-refractivity contribution in [3.8, 4) is 27.9 Å². The van der Waals surface area contributed by atoms with Crippen LogP contribution in [0.2, 0.25) is 0 Å². The van der Waals surface area contributed by atoms with Gasteiger partial charge >= 0.3 is 0 Å². The molecule has 1 aliphatic carbocycles. The van der Waals surface area contributed by atoms with E-state index in [4.69, 9.17) is 0 Å². The molecule has 182 valence electrons. The molecule has 2 aliphatic rings. The number of benzene rings is 6. The average molecular weight is 496 g/mol. The fourth-order valence-corrected chi connectivity index (χ4v) is 6.96. The molecular weight excluding hydrogens is 470 g/mol. The molecule has 0 fully saturated rings. The molecule has 0 saturated heterocycles. The first kappa shape index (κ1) is 21.1. The van der Waals surface area contributed by atoms with E-state index in [-0.39, 0.29) is 0 Å². The summed E-state index contributed by atoms with van der Waals surface area (Å²) in [6, 6.07) is 44.8. The molecule has 2 heterocycles. The van der Waals surface area contributed by atoms with E-state index in [0.717, 1.165) is 6.42 Å². The fourth-order valence-electron chi connectivity index (χ4n) is 6.96. The Bertz CT molecular complexity index is 2130. The Hall–Kier alpha value is -4.88. The minimum absolute atomic E-state index is 0.403. The van der Waals surface area contributed by atoms with Crippen LogP contribution in [0.4, 0.5) is 0 Å². The maximum atomic E-state index is 2.56. The Labute approximate surface area is 227 Å². The second-order valence-electron chi connectivity index (χ2n) is 11.0. The summed E-state index contributed by atoms with van der Waals surface area (Å²) in [6.07, 6.45) is 5.79.